The topological polar surface area (TPSA) is 75.5 Å². The molecule has 174 valence electrons. The highest BCUT2D eigenvalue weighted by Crippen LogP contribution is 2.16. The van der Waals surface area contributed by atoms with Crippen LogP contribution in [0.4, 0.5) is 0 Å². The fraction of sp³-hybridized carbons (Fsp3) is 0.739. The van der Waals surface area contributed by atoms with Gasteiger partial charge in [0.15, 0.2) is 0 Å². The second-order valence-electron chi connectivity index (χ2n) is 8.71. The highest BCUT2D eigenvalue weighted by atomic mass is 16.5. The van der Waals surface area contributed by atoms with Crippen molar-refractivity contribution in [2.75, 3.05) is 59.1 Å². The van der Waals surface area contributed by atoms with E-state index in [0.29, 0.717) is 19.6 Å². The van der Waals surface area contributed by atoms with E-state index in [0.717, 1.165) is 64.5 Å². The van der Waals surface area contributed by atoms with E-state index in [-0.39, 0.29) is 30.4 Å². The number of amides is 2. The van der Waals surface area contributed by atoms with Gasteiger partial charge >= 0.3 is 0 Å². The summed E-state index contributed by atoms with van der Waals surface area (Å²) in [5.41, 5.74) is 0. The van der Waals surface area contributed by atoms with Crippen LogP contribution in [0, 0.1) is 5.92 Å². The molecule has 0 aliphatic carbocycles. The summed E-state index contributed by atoms with van der Waals surface area (Å²) in [6.45, 7) is 10.4. The molecule has 8 heteroatoms. The second-order valence-corrected chi connectivity index (χ2v) is 8.71. The maximum absolute atomic E-state index is 13.3. The highest BCUT2D eigenvalue weighted by Gasteiger charge is 2.27. The second kappa shape index (κ2) is 12.2. The first-order valence-electron chi connectivity index (χ1n) is 11.5. The third kappa shape index (κ3) is 7.63. The third-order valence-electron chi connectivity index (χ3n) is 5.87. The van der Waals surface area contributed by atoms with E-state index in [4.69, 9.17) is 13.9 Å². The van der Waals surface area contributed by atoms with Crippen LogP contribution in [-0.2, 0) is 25.6 Å². The van der Waals surface area contributed by atoms with Crippen molar-refractivity contribution in [1.29, 1.82) is 0 Å². The van der Waals surface area contributed by atoms with Gasteiger partial charge in [-0.1, -0.05) is 13.8 Å². The first kappa shape index (κ1) is 23.8. The number of carbonyl (C=O) groups is 2. The predicted octanol–water partition coefficient (Wildman–Crippen LogP) is 1.99. The molecule has 1 atom stereocenters. The first-order valence-corrected chi connectivity index (χ1v) is 11.5. The Morgan fingerprint density at radius 3 is 2.65 bits per heavy atom. The van der Waals surface area contributed by atoms with E-state index in [9.17, 15) is 9.59 Å². The van der Waals surface area contributed by atoms with Crippen molar-refractivity contribution in [2.45, 2.75) is 45.8 Å². The molecule has 2 aliphatic rings. The molecule has 1 aromatic heterocycles. The van der Waals surface area contributed by atoms with E-state index in [1.165, 1.54) is 0 Å². The van der Waals surface area contributed by atoms with Crippen LogP contribution >= 0.6 is 0 Å². The normalized spacial score (nSPS) is 19.6. The molecule has 2 aliphatic heterocycles. The average Bonchev–Trinajstić information content (AvgIpc) is 3.47. The van der Waals surface area contributed by atoms with Crippen molar-refractivity contribution in [3.8, 4) is 0 Å². The van der Waals surface area contributed by atoms with Gasteiger partial charge in [-0.25, -0.2) is 0 Å². The Morgan fingerprint density at radius 2 is 2.00 bits per heavy atom. The van der Waals surface area contributed by atoms with Gasteiger partial charge in [0.2, 0.25) is 11.8 Å². The molecule has 1 aromatic rings. The molecule has 0 bridgehead atoms. The van der Waals surface area contributed by atoms with E-state index < -0.39 is 0 Å². The van der Waals surface area contributed by atoms with E-state index in [2.05, 4.69) is 4.90 Å². The number of hydrogen-bond acceptors (Lipinski definition) is 6. The fourth-order valence-corrected chi connectivity index (χ4v) is 4.08. The Morgan fingerprint density at radius 1 is 1.19 bits per heavy atom. The van der Waals surface area contributed by atoms with E-state index in [1.54, 1.807) is 16.1 Å². The third-order valence-corrected chi connectivity index (χ3v) is 5.87. The van der Waals surface area contributed by atoms with Crippen molar-refractivity contribution >= 4 is 11.8 Å². The molecule has 8 nitrogen and oxygen atoms in total. The summed E-state index contributed by atoms with van der Waals surface area (Å²) in [5, 5.41) is 0. The Bertz CT molecular complexity index is 667. The summed E-state index contributed by atoms with van der Waals surface area (Å²) in [5.74, 6) is 0.547. The van der Waals surface area contributed by atoms with Gasteiger partial charge < -0.3 is 23.7 Å². The monoisotopic (exact) mass is 435 g/mol. The van der Waals surface area contributed by atoms with Crippen LogP contribution in [-0.4, -0.2) is 91.7 Å². The van der Waals surface area contributed by atoms with Crippen molar-refractivity contribution < 1.29 is 23.5 Å². The number of hydrogen-bond donors (Lipinski definition) is 0. The van der Waals surface area contributed by atoms with Gasteiger partial charge in [-0.3, -0.25) is 14.5 Å². The molecule has 3 rings (SSSR count). The summed E-state index contributed by atoms with van der Waals surface area (Å²) in [7, 11) is 0. The Balaban J connectivity index is 1.59. The quantitative estimate of drug-likeness (QED) is 0.529. The van der Waals surface area contributed by atoms with Gasteiger partial charge in [0.25, 0.3) is 0 Å². The zero-order chi connectivity index (χ0) is 22.1. The lowest BCUT2D eigenvalue weighted by Crippen LogP contribution is -2.47. The minimum atomic E-state index is -0.145. The van der Waals surface area contributed by atoms with Gasteiger partial charge in [-0.2, -0.15) is 0 Å². The van der Waals surface area contributed by atoms with E-state index in [1.807, 2.05) is 26.0 Å². The molecule has 0 saturated carbocycles. The summed E-state index contributed by atoms with van der Waals surface area (Å²) < 4.78 is 16.6. The number of nitrogens with zero attached hydrogens (tertiary/aromatic N) is 3. The number of carbonyl (C=O) groups excluding carboxylic acids is 2. The molecule has 1 unspecified atom stereocenters. The molecule has 0 aromatic carbocycles. The lowest BCUT2D eigenvalue weighted by molar-refractivity contribution is -0.143. The predicted molar refractivity (Wildman–Crippen MR) is 116 cm³/mol. The minimum Gasteiger partial charge on any atom is -0.467 e. The summed E-state index contributed by atoms with van der Waals surface area (Å²) in [6.07, 6.45) is 4.48. The first-order chi connectivity index (χ1) is 15.0. The zero-order valence-electron chi connectivity index (χ0n) is 19.0. The van der Waals surface area contributed by atoms with Crippen LogP contribution in [0.15, 0.2) is 22.8 Å². The van der Waals surface area contributed by atoms with Gasteiger partial charge in [0.1, 0.15) is 5.76 Å². The highest BCUT2D eigenvalue weighted by molar-refractivity contribution is 5.85. The summed E-state index contributed by atoms with van der Waals surface area (Å²) in [6, 6.07) is 3.69. The average molecular weight is 436 g/mol. The molecule has 2 fully saturated rings. The molecule has 0 spiro atoms. The SMILES string of the molecule is CC(C)C(=O)N(CCCN1CCOCC1)CC(=O)N(Cc1ccco1)CC1CCCO1. The number of furan rings is 1. The summed E-state index contributed by atoms with van der Waals surface area (Å²) >= 11 is 0. The Kier molecular flexibility index (Phi) is 9.36. The van der Waals surface area contributed by atoms with Crippen molar-refractivity contribution in [1.82, 2.24) is 14.7 Å². The van der Waals surface area contributed by atoms with Crippen LogP contribution in [0.2, 0.25) is 0 Å². The van der Waals surface area contributed by atoms with E-state index >= 15 is 0 Å². The van der Waals surface area contributed by atoms with Gasteiger partial charge in [-0.05, 0) is 31.4 Å². The maximum Gasteiger partial charge on any atom is 0.242 e. The van der Waals surface area contributed by atoms with Gasteiger partial charge in [-0.15, -0.1) is 0 Å². The lowest BCUT2D eigenvalue weighted by Gasteiger charge is -2.31. The zero-order valence-corrected chi connectivity index (χ0v) is 19.0. The molecular weight excluding hydrogens is 398 g/mol. The van der Waals surface area contributed by atoms with Crippen LogP contribution in [0.1, 0.15) is 38.9 Å². The molecule has 2 saturated heterocycles. The molecule has 3 heterocycles. The molecular formula is C23H37N3O5. The van der Waals surface area contributed by atoms with Crippen LogP contribution < -0.4 is 0 Å². The summed E-state index contributed by atoms with van der Waals surface area (Å²) in [4.78, 5) is 31.9. The largest absolute Gasteiger partial charge is 0.467 e. The van der Waals surface area contributed by atoms with Crippen molar-refractivity contribution in [3.05, 3.63) is 24.2 Å². The number of ether oxygens (including phenoxy) is 2. The Labute approximate surface area is 185 Å². The van der Waals surface area contributed by atoms with Crippen LogP contribution in [0.3, 0.4) is 0 Å². The lowest BCUT2D eigenvalue weighted by atomic mass is 10.1. The maximum atomic E-state index is 13.3. The number of rotatable bonds is 11. The van der Waals surface area contributed by atoms with Crippen LogP contribution in [0.25, 0.3) is 0 Å². The van der Waals surface area contributed by atoms with Crippen molar-refractivity contribution in [2.24, 2.45) is 5.92 Å². The van der Waals surface area contributed by atoms with Gasteiger partial charge in [0.05, 0.1) is 38.7 Å². The molecule has 31 heavy (non-hydrogen) atoms. The standard InChI is InChI=1S/C23H37N3O5/c1-19(2)23(28)25(9-5-8-24-10-14-29-15-11-24)18-22(27)26(16-20-6-3-12-30-20)17-21-7-4-13-31-21/h3,6,12,19,21H,4-5,7-11,13-18H2,1-2H3. The molecule has 0 N–H and O–H groups in total. The Hall–Kier alpha value is -1.90. The van der Waals surface area contributed by atoms with Crippen molar-refractivity contribution in [3.63, 3.8) is 0 Å². The number of morpholine rings is 1. The van der Waals surface area contributed by atoms with Gasteiger partial charge in [0, 0.05) is 45.2 Å². The molecule has 2 amide bonds. The van der Waals surface area contributed by atoms with Crippen LogP contribution in [0.5, 0.6) is 0 Å². The fourth-order valence-electron chi connectivity index (χ4n) is 4.08. The molecule has 0 radical (unpaired) electrons. The smallest absolute Gasteiger partial charge is 0.242 e. The minimum absolute atomic E-state index is 0.0189.